The molecule has 1 unspecified atom stereocenters. The van der Waals surface area contributed by atoms with Crippen molar-refractivity contribution in [3.63, 3.8) is 0 Å². The fourth-order valence-corrected chi connectivity index (χ4v) is 2.93. The van der Waals surface area contributed by atoms with Crippen LogP contribution in [0.3, 0.4) is 0 Å². The van der Waals surface area contributed by atoms with Gasteiger partial charge < -0.3 is 15.8 Å². The minimum Gasteiger partial charge on any atom is -0.489 e. The van der Waals surface area contributed by atoms with E-state index in [9.17, 15) is 0 Å². The molecule has 0 aliphatic rings. The zero-order chi connectivity index (χ0) is 14.7. The first-order valence-electron chi connectivity index (χ1n) is 6.53. The van der Waals surface area contributed by atoms with Crippen LogP contribution in [0.1, 0.15) is 31.7 Å². The van der Waals surface area contributed by atoms with E-state index in [2.05, 4.69) is 12.2 Å². The fraction of sp³-hybridized carbons (Fsp3) is 0.333. The molecule has 0 radical (unpaired) electrons. The van der Waals surface area contributed by atoms with Crippen molar-refractivity contribution in [2.45, 2.75) is 32.9 Å². The van der Waals surface area contributed by atoms with Crippen molar-refractivity contribution in [2.75, 3.05) is 11.1 Å². The summed E-state index contributed by atoms with van der Waals surface area (Å²) in [5, 5.41) is 3.43. The van der Waals surface area contributed by atoms with E-state index in [-0.39, 0.29) is 12.1 Å². The number of rotatable bonds is 5. The molecule has 0 aliphatic heterocycles. The number of ether oxygens (including phenoxy) is 1. The van der Waals surface area contributed by atoms with Gasteiger partial charge in [-0.1, -0.05) is 11.6 Å². The van der Waals surface area contributed by atoms with Gasteiger partial charge in [-0.2, -0.15) is 0 Å². The molecule has 0 spiro atoms. The molecule has 0 bridgehead atoms. The first-order chi connectivity index (χ1) is 9.45. The van der Waals surface area contributed by atoms with Crippen LogP contribution in [0.4, 0.5) is 11.4 Å². The molecular formula is C15H19ClN2OS. The number of thiophene rings is 1. The van der Waals surface area contributed by atoms with Crippen molar-refractivity contribution in [1.82, 2.24) is 0 Å². The van der Waals surface area contributed by atoms with Gasteiger partial charge in [-0.25, -0.2) is 0 Å². The predicted octanol–water partition coefficient (Wildman–Crippen LogP) is 4.94. The summed E-state index contributed by atoms with van der Waals surface area (Å²) in [5.41, 5.74) is 7.54. The number of anilines is 2. The highest BCUT2D eigenvalue weighted by Crippen LogP contribution is 2.31. The summed E-state index contributed by atoms with van der Waals surface area (Å²) in [6, 6.07) is 9.87. The lowest BCUT2D eigenvalue weighted by atomic mass is 10.2. The Balaban J connectivity index is 2.13. The summed E-state index contributed by atoms with van der Waals surface area (Å²) in [7, 11) is 0. The van der Waals surface area contributed by atoms with Gasteiger partial charge in [0.2, 0.25) is 0 Å². The van der Waals surface area contributed by atoms with E-state index in [0.717, 1.165) is 10.0 Å². The van der Waals surface area contributed by atoms with E-state index in [1.54, 1.807) is 11.3 Å². The zero-order valence-corrected chi connectivity index (χ0v) is 13.4. The van der Waals surface area contributed by atoms with Gasteiger partial charge in [-0.05, 0) is 45.0 Å². The van der Waals surface area contributed by atoms with Crippen LogP contribution in [-0.4, -0.2) is 6.10 Å². The average molecular weight is 311 g/mol. The number of hydrogen-bond donors (Lipinski definition) is 2. The molecule has 108 valence electrons. The Labute approximate surface area is 128 Å². The second kappa shape index (κ2) is 6.37. The molecule has 1 aromatic heterocycles. The van der Waals surface area contributed by atoms with Gasteiger partial charge in [0, 0.05) is 16.6 Å². The van der Waals surface area contributed by atoms with E-state index < -0.39 is 0 Å². The minimum absolute atomic E-state index is 0.0982. The van der Waals surface area contributed by atoms with E-state index in [4.69, 9.17) is 22.1 Å². The van der Waals surface area contributed by atoms with Crippen LogP contribution in [0, 0.1) is 0 Å². The summed E-state index contributed by atoms with van der Waals surface area (Å²) in [6.07, 6.45) is 0.0982. The maximum absolute atomic E-state index is 5.96. The smallest absolute Gasteiger partial charge is 0.144 e. The fourth-order valence-electron chi connectivity index (χ4n) is 1.86. The van der Waals surface area contributed by atoms with Crippen molar-refractivity contribution < 1.29 is 4.74 Å². The van der Waals surface area contributed by atoms with Crippen LogP contribution < -0.4 is 15.8 Å². The van der Waals surface area contributed by atoms with Gasteiger partial charge in [0.25, 0.3) is 0 Å². The van der Waals surface area contributed by atoms with Crippen LogP contribution in [0.25, 0.3) is 0 Å². The third-order valence-electron chi connectivity index (χ3n) is 2.78. The largest absolute Gasteiger partial charge is 0.489 e. The molecule has 0 saturated carbocycles. The highest BCUT2D eigenvalue weighted by molar-refractivity contribution is 7.16. The first kappa shape index (κ1) is 15.0. The first-order valence-corrected chi connectivity index (χ1v) is 7.73. The second-order valence-electron chi connectivity index (χ2n) is 4.93. The van der Waals surface area contributed by atoms with Gasteiger partial charge >= 0.3 is 0 Å². The number of halogens is 1. The quantitative estimate of drug-likeness (QED) is 0.769. The van der Waals surface area contributed by atoms with Crippen molar-refractivity contribution in [3.8, 4) is 5.75 Å². The third-order valence-corrected chi connectivity index (χ3v) is 4.19. The predicted molar refractivity (Wildman–Crippen MR) is 88.0 cm³/mol. The lowest BCUT2D eigenvalue weighted by Crippen LogP contribution is -2.09. The Hall–Kier alpha value is -1.39. The van der Waals surface area contributed by atoms with Crippen LogP contribution in [-0.2, 0) is 0 Å². The normalized spacial score (nSPS) is 12.4. The molecule has 0 saturated heterocycles. The average Bonchev–Trinajstić information content (AvgIpc) is 2.79. The topological polar surface area (TPSA) is 47.3 Å². The van der Waals surface area contributed by atoms with Crippen LogP contribution in [0.15, 0.2) is 30.3 Å². The van der Waals surface area contributed by atoms with Crippen molar-refractivity contribution >= 4 is 34.3 Å². The Kier molecular flexibility index (Phi) is 4.78. The number of nitrogens with two attached hydrogens (primary N) is 1. The van der Waals surface area contributed by atoms with E-state index in [1.807, 2.05) is 44.2 Å². The molecule has 2 aromatic rings. The third kappa shape index (κ3) is 3.81. The minimum atomic E-state index is 0.0982. The van der Waals surface area contributed by atoms with Gasteiger partial charge in [0.1, 0.15) is 5.75 Å². The van der Waals surface area contributed by atoms with Crippen LogP contribution >= 0.6 is 22.9 Å². The number of nitrogens with one attached hydrogen (secondary N) is 1. The summed E-state index contributed by atoms with van der Waals surface area (Å²) < 4.78 is 6.49. The Morgan fingerprint density at radius 1 is 1.20 bits per heavy atom. The monoisotopic (exact) mass is 310 g/mol. The highest BCUT2D eigenvalue weighted by atomic mass is 35.5. The van der Waals surface area contributed by atoms with Crippen molar-refractivity contribution in [3.05, 3.63) is 39.5 Å². The molecule has 2 rings (SSSR count). The van der Waals surface area contributed by atoms with Crippen LogP contribution in [0.5, 0.6) is 5.75 Å². The maximum Gasteiger partial charge on any atom is 0.144 e. The molecule has 0 fully saturated rings. The molecule has 3 nitrogen and oxygen atoms in total. The Bertz CT molecular complexity index is 583. The second-order valence-corrected chi connectivity index (χ2v) is 6.67. The van der Waals surface area contributed by atoms with Gasteiger partial charge in [0.05, 0.1) is 22.2 Å². The zero-order valence-electron chi connectivity index (χ0n) is 11.8. The summed E-state index contributed by atoms with van der Waals surface area (Å²) in [6.45, 7) is 6.06. The molecule has 5 heteroatoms. The van der Waals surface area contributed by atoms with Gasteiger partial charge in [-0.3, -0.25) is 0 Å². The lowest BCUT2D eigenvalue weighted by Gasteiger charge is -2.17. The number of benzene rings is 1. The standard InChI is InChI=1S/C15H19ClN2OS/c1-9(2)19-13-8-11(4-5-12(13)17)18-10(3)14-6-7-15(16)20-14/h4-10,18H,17H2,1-3H3. The van der Waals surface area contributed by atoms with Gasteiger partial charge in [0.15, 0.2) is 0 Å². The van der Waals surface area contributed by atoms with Gasteiger partial charge in [-0.15, -0.1) is 11.3 Å². The van der Waals surface area contributed by atoms with E-state index in [0.29, 0.717) is 11.4 Å². The molecule has 1 atom stereocenters. The molecule has 0 amide bonds. The highest BCUT2D eigenvalue weighted by Gasteiger charge is 2.10. The Morgan fingerprint density at radius 3 is 2.55 bits per heavy atom. The molecule has 0 aliphatic carbocycles. The maximum atomic E-state index is 5.96. The van der Waals surface area contributed by atoms with Crippen LogP contribution in [0.2, 0.25) is 4.34 Å². The molecular weight excluding hydrogens is 292 g/mol. The molecule has 3 N–H and O–H groups in total. The van der Waals surface area contributed by atoms with Crippen molar-refractivity contribution in [2.24, 2.45) is 0 Å². The molecule has 1 heterocycles. The summed E-state index contributed by atoms with van der Waals surface area (Å²) in [4.78, 5) is 1.19. The molecule has 1 aromatic carbocycles. The SMILES string of the molecule is CC(C)Oc1cc(NC(C)c2ccc(Cl)s2)ccc1N. The summed E-state index contributed by atoms with van der Waals surface area (Å²) >= 11 is 7.55. The Morgan fingerprint density at radius 2 is 1.95 bits per heavy atom. The van der Waals surface area contributed by atoms with Crippen molar-refractivity contribution in [1.29, 1.82) is 0 Å². The number of hydrogen-bond acceptors (Lipinski definition) is 4. The number of nitrogen functional groups attached to an aromatic ring is 1. The molecule has 20 heavy (non-hydrogen) atoms. The lowest BCUT2D eigenvalue weighted by molar-refractivity contribution is 0.244. The van der Waals surface area contributed by atoms with E-state index in [1.165, 1.54) is 4.88 Å². The summed E-state index contributed by atoms with van der Waals surface area (Å²) in [5.74, 6) is 0.710. The van der Waals surface area contributed by atoms with E-state index >= 15 is 0 Å².